The van der Waals surface area contributed by atoms with Crippen molar-refractivity contribution < 1.29 is 4.39 Å². The fourth-order valence-corrected chi connectivity index (χ4v) is 4.53. The maximum atomic E-state index is 13.0. The van der Waals surface area contributed by atoms with Crippen LogP contribution < -0.4 is 4.90 Å². The first-order valence-electron chi connectivity index (χ1n) is 8.06. The topological polar surface area (TPSA) is 45.2 Å². The molecule has 0 bridgehead atoms. The molecule has 1 spiro atoms. The van der Waals surface area contributed by atoms with Crippen molar-refractivity contribution in [3.8, 4) is 0 Å². The minimum absolute atomic E-state index is 0.313. The van der Waals surface area contributed by atoms with E-state index in [0.717, 1.165) is 39.1 Å². The molecule has 23 heavy (non-hydrogen) atoms. The zero-order valence-corrected chi connectivity index (χ0v) is 13.8. The van der Waals surface area contributed by atoms with Crippen molar-refractivity contribution in [2.75, 3.05) is 31.1 Å². The molecule has 7 heteroatoms. The van der Waals surface area contributed by atoms with Crippen molar-refractivity contribution in [3.63, 3.8) is 0 Å². The van der Waals surface area contributed by atoms with E-state index in [9.17, 15) is 4.39 Å². The van der Waals surface area contributed by atoms with Crippen LogP contribution in [-0.2, 0) is 6.54 Å². The Hall–Kier alpha value is -1.60. The SMILES string of the molecule is Fc1cnc(N2CCC3(CCCN(Cc4nccs4)C3)C2)nc1. The molecule has 0 aliphatic carbocycles. The molecule has 0 aromatic carbocycles. The van der Waals surface area contributed by atoms with Gasteiger partial charge in [0.15, 0.2) is 5.82 Å². The number of piperidine rings is 1. The molecule has 1 unspecified atom stereocenters. The van der Waals surface area contributed by atoms with Crippen LogP contribution in [-0.4, -0.2) is 46.0 Å². The van der Waals surface area contributed by atoms with Crippen LogP contribution in [0.1, 0.15) is 24.3 Å². The number of halogens is 1. The summed E-state index contributed by atoms with van der Waals surface area (Å²) in [4.78, 5) is 17.4. The molecule has 2 saturated heterocycles. The Balaban J connectivity index is 1.43. The van der Waals surface area contributed by atoms with Crippen LogP contribution >= 0.6 is 11.3 Å². The van der Waals surface area contributed by atoms with E-state index in [-0.39, 0.29) is 5.82 Å². The molecular formula is C16H20FN5S. The number of aromatic nitrogens is 3. The molecule has 2 aromatic rings. The lowest BCUT2D eigenvalue weighted by Gasteiger charge is -2.40. The summed E-state index contributed by atoms with van der Waals surface area (Å²) in [5.41, 5.74) is 0.313. The molecule has 2 aliphatic rings. The lowest BCUT2D eigenvalue weighted by molar-refractivity contribution is 0.0990. The van der Waals surface area contributed by atoms with Gasteiger partial charge in [0.25, 0.3) is 0 Å². The van der Waals surface area contributed by atoms with Gasteiger partial charge in [0, 0.05) is 36.6 Å². The van der Waals surface area contributed by atoms with Crippen LogP contribution in [0.15, 0.2) is 24.0 Å². The second-order valence-corrected chi connectivity index (χ2v) is 7.59. The van der Waals surface area contributed by atoms with E-state index < -0.39 is 0 Å². The Kier molecular flexibility index (Phi) is 3.98. The maximum absolute atomic E-state index is 13.0. The summed E-state index contributed by atoms with van der Waals surface area (Å²) in [5.74, 6) is 0.273. The second-order valence-electron chi connectivity index (χ2n) is 6.61. The Morgan fingerprint density at radius 2 is 2.00 bits per heavy atom. The quantitative estimate of drug-likeness (QED) is 0.864. The third kappa shape index (κ3) is 3.21. The van der Waals surface area contributed by atoms with Crippen LogP contribution in [0.3, 0.4) is 0 Å². The van der Waals surface area contributed by atoms with E-state index in [1.54, 1.807) is 11.3 Å². The van der Waals surface area contributed by atoms with E-state index in [1.807, 2.05) is 11.6 Å². The third-order valence-corrected chi connectivity index (χ3v) is 5.68. The molecule has 2 aromatic heterocycles. The summed E-state index contributed by atoms with van der Waals surface area (Å²) in [6, 6.07) is 0. The minimum Gasteiger partial charge on any atom is -0.340 e. The molecule has 0 radical (unpaired) electrons. The second kappa shape index (κ2) is 6.13. The molecule has 4 rings (SSSR count). The van der Waals surface area contributed by atoms with Crippen LogP contribution in [0.25, 0.3) is 0 Å². The smallest absolute Gasteiger partial charge is 0.225 e. The average molecular weight is 333 g/mol. The Labute approximate surface area is 139 Å². The van der Waals surface area contributed by atoms with Gasteiger partial charge in [0.1, 0.15) is 5.01 Å². The normalized spacial score (nSPS) is 25.3. The van der Waals surface area contributed by atoms with Crippen molar-refractivity contribution in [1.29, 1.82) is 0 Å². The van der Waals surface area contributed by atoms with Gasteiger partial charge in [-0.25, -0.2) is 19.3 Å². The lowest BCUT2D eigenvalue weighted by Crippen LogP contribution is -2.44. The van der Waals surface area contributed by atoms with E-state index >= 15 is 0 Å². The molecule has 2 aliphatic heterocycles. The van der Waals surface area contributed by atoms with Gasteiger partial charge in [-0.3, -0.25) is 4.90 Å². The van der Waals surface area contributed by atoms with E-state index in [0.29, 0.717) is 11.4 Å². The number of rotatable bonds is 3. The summed E-state index contributed by atoms with van der Waals surface area (Å²) < 4.78 is 13.0. The molecule has 2 fully saturated rings. The van der Waals surface area contributed by atoms with Crippen molar-refractivity contribution in [1.82, 2.24) is 19.9 Å². The fourth-order valence-electron chi connectivity index (χ4n) is 3.88. The molecule has 0 saturated carbocycles. The maximum Gasteiger partial charge on any atom is 0.225 e. The first-order chi connectivity index (χ1) is 11.2. The number of hydrogen-bond acceptors (Lipinski definition) is 6. The van der Waals surface area contributed by atoms with Crippen LogP contribution in [0.5, 0.6) is 0 Å². The number of thiazole rings is 1. The summed E-state index contributed by atoms with van der Waals surface area (Å²) in [6.45, 7) is 5.12. The van der Waals surface area contributed by atoms with Crippen LogP contribution in [0.2, 0.25) is 0 Å². The number of anilines is 1. The van der Waals surface area contributed by atoms with Gasteiger partial charge in [-0.15, -0.1) is 11.3 Å². The Morgan fingerprint density at radius 1 is 1.13 bits per heavy atom. The Bertz CT molecular complexity index is 647. The fraction of sp³-hybridized carbons (Fsp3) is 0.562. The zero-order valence-electron chi connectivity index (χ0n) is 13.0. The van der Waals surface area contributed by atoms with Crippen molar-refractivity contribution in [3.05, 3.63) is 34.8 Å². The monoisotopic (exact) mass is 333 g/mol. The number of hydrogen-bond donors (Lipinski definition) is 0. The zero-order chi connectivity index (χ0) is 15.7. The summed E-state index contributed by atoms with van der Waals surface area (Å²) in [5, 5.41) is 3.23. The van der Waals surface area contributed by atoms with Gasteiger partial charge in [-0.1, -0.05) is 0 Å². The number of nitrogens with zero attached hydrogens (tertiary/aromatic N) is 5. The molecule has 5 nitrogen and oxygen atoms in total. The van der Waals surface area contributed by atoms with E-state index in [1.165, 1.54) is 30.2 Å². The molecule has 122 valence electrons. The Morgan fingerprint density at radius 3 is 2.78 bits per heavy atom. The summed E-state index contributed by atoms with van der Waals surface area (Å²) >= 11 is 1.73. The van der Waals surface area contributed by atoms with Crippen molar-refractivity contribution >= 4 is 17.3 Å². The highest BCUT2D eigenvalue weighted by molar-refractivity contribution is 7.09. The van der Waals surface area contributed by atoms with Crippen molar-refractivity contribution in [2.24, 2.45) is 5.41 Å². The predicted molar refractivity (Wildman–Crippen MR) is 87.9 cm³/mol. The van der Waals surface area contributed by atoms with E-state index in [2.05, 4.69) is 24.8 Å². The average Bonchev–Trinajstić information content (AvgIpc) is 3.19. The van der Waals surface area contributed by atoms with Gasteiger partial charge < -0.3 is 4.90 Å². The third-order valence-electron chi connectivity index (χ3n) is 4.91. The molecular weight excluding hydrogens is 313 g/mol. The number of likely N-dealkylation sites (tertiary alicyclic amines) is 1. The largest absolute Gasteiger partial charge is 0.340 e. The van der Waals surface area contributed by atoms with Gasteiger partial charge in [-0.2, -0.15) is 0 Å². The van der Waals surface area contributed by atoms with Crippen molar-refractivity contribution in [2.45, 2.75) is 25.8 Å². The highest BCUT2D eigenvalue weighted by atomic mass is 32.1. The molecule has 0 N–H and O–H groups in total. The van der Waals surface area contributed by atoms with Gasteiger partial charge in [0.05, 0.1) is 18.9 Å². The summed E-state index contributed by atoms with van der Waals surface area (Å²) in [7, 11) is 0. The highest BCUT2D eigenvalue weighted by Crippen LogP contribution is 2.40. The highest BCUT2D eigenvalue weighted by Gasteiger charge is 2.42. The molecule has 0 amide bonds. The molecule has 4 heterocycles. The first-order valence-corrected chi connectivity index (χ1v) is 8.94. The predicted octanol–water partition coefficient (Wildman–Crippen LogP) is 2.56. The van der Waals surface area contributed by atoms with Gasteiger partial charge >= 0.3 is 0 Å². The standard InChI is InChI=1S/C16H20FN5S/c17-13-8-19-15(20-9-13)22-6-3-16(12-22)2-1-5-21(11-16)10-14-18-4-7-23-14/h4,7-9H,1-3,5-6,10-12H2. The van der Waals surface area contributed by atoms with Crippen LogP contribution in [0, 0.1) is 11.2 Å². The van der Waals surface area contributed by atoms with Gasteiger partial charge in [0.2, 0.25) is 5.95 Å². The summed E-state index contributed by atoms with van der Waals surface area (Å²) in [6.07, 6.45) is 8.01. The van der Waals surface area contributed by atoms with Crippen LogP contribution in [0.4, 0.5) is 10.3 Å². The van der Waals surface area contributed by atoms with E-state index in [4.69, 9.17) is 0 Å². The minimum atomic E-state index is -0.380. The molecule has 1 atom stereocenters. The van der Waals surface area contributed by atoms with Gasteiger partial charge in [-0.05, 0) is 25.8 Å². The first kappa shape index (κ1) is 15.0. The lowest BCUT2D eigenvalue weighted by atomic mass is 9.79.